The summed E-state index contributed by atoms with van der Waals surface area (Å²) in [7, 11) is 0. The summed E-state index contributed by atoms with van der Waals surface area (Å²) < 4.78 is 0. The highest BCUT2D eigenvalue weighted by Gasteiger charge is 2.68. The largest absolute Gasteiger partial charge is 0.381 e. The number of allylic oxidation sites excluding steroid dienone is 4. The van der Waals surface area contributed by atoms with Gasteiger partial charge in [0.1, 0.15) is 11.4 Å². The molecule has 0 bridgehead atoms. The van der Waals surface area contributed by atoms with Crippen LogP contribution in [0.2, 0.25) is 0 Å². The normalized spacial score (nSPS) is 50.0. The Kier molecular flexibility index (Phi) is 3.60. The summed E-state index contributed by atoms with van der Waals surface area (Å²) in [6, 6.07) is 0. The van der Waals surface area contributed by atoms with Crippen molar-refractivity contribution in [2.75, 3.05) is 0 Å². The number of hydrogen-bond donors (Lipinski definition) is 1. The Morgan fingerprint density at radius 2 is 1.96 bits per heavy atom. The highest BCUT2D eigenvalue weighted by Crippen LogP contribution is 2.66. The van der Waals surface area contributed by atoms with E-state index in [1.165, 1.54) is 6.92 Å². The van der Waals surface area contributed by atoms with Gasteiger partial charge in [0.2, 0.25) is 0 Å². The molecule has 4 aliphatic rings. The molecule has 1 N–H and O–H groups in total. The van der Waals surface area contributed by atoms with Crippen LogP contribution in [0.5, 0.6) is 0 Å². The molecule has 0 aromatic rings. The Morgan fingerprint density at radius 3 is 2.62 bits per heavy atom. The van der Waals surface area contributed by atoms with Crippen molar-refractivity contribution in [2.24, 2.45) is 34.5 Å². The minimum atomic E-state index is -1.39. The van der Waals surface area contributed by atoms with Crippen LogP contribution >= 0.6 is 0 Å². The summed E-state index contributed by atoms with van der Waals surface area (Å²) in [6.07, 6.45) is 7.57. The molecular weight excluding hydrogens is 328 g/mol. The zero-order chi connectivity index (χ0) is 19.1. The SMILES string of the molecule is CC(=O)[C@]1(O)CC[C@H]2[C@@H]3C[C@H](C)C4=CC(=O)C=C[C@]4(C)[C@H]3C(=O)C[C@@]21C. The van der Waals surface area contributed by atoms with Gasteiger partial charge in [-0.1, -0.05) is 32.4 Å². The van der Waals surface area contributed by atoms with Crippen LogP contribution in [-0.2, 0) is 14.4 Å². The van der Waals surface area contributed by atoms with Gasteiger partial charge in [0, 0.05) is 23.2 Å². The molecule has 140 valence electrons. The molecule has 26 heavy (non-hydrogen) atoms. The van der Waals surface area contributed by atoms with Crippen LogP contribution in [0.1, 0.15) is 53.4 Å². The fourth-order valence-corrected chi connectivity index (χ4v) is 7.04. The number of carbonyl (C=O) groups excluding carboxylic acids is 3. The number of carbonyl (C=O) groups is 3. The van der Waals surface area contributed by atoms with Gasteiger partial charge in [0.15, 0.2) is 11.6 Å². The number of Topliss-reactive ketones (excluding diaryl/α,β-unsaturated/α-hetero) is 2. The molecule has 0 amide bonds. The molecule has 4 heteroatoms. The Morgan fingerprint density at radius 1 is 1.27 bits per heavy atom. The van der Waals surface area contributed by atoms with Crippen molar-refractivity contribution in [1.29, 1.82) is 0 Å². The maximum atomic E-state index is 13.4. The van der Waals surface area contributed by atoms with E-state index in [1.54, 1.807) is 12.2 Å². The Balaban J connectivity index is 1.81. The van der Waals surface area contributed by atoms with E-state index in [-0.39, 0.29) is 47.4 Å². The van der Waals surface area contributed by atoms with Crippen molar-refractivity contribution in [3.63, 3.8) is 0 Å². The third-order valence-electron chi connectivity index (χ3n) is 8.31. The average molecular weight is 356 g/mol. The smallest absolute Gasteiger partial charge is 0.178 e. The Bertz CT molecular complexity index is 777. The van der Waals surface area contributed by atoms with Crippen LogP contribution in [0.15, 0.2) is 23.8 Å². The first-order valence-corrected chi connectivity index (χ1v) is 9.76. The summed E-state index contributed by atoms with van der Waals surface area (Å²) in [6.45, 7) is 7.61. The number of hydrogen-bond acceptors (Lipinski definition) is 4. The third-order valence-corrected chi connectivity index (χ3v) is 8.31. The van der Waals surface area contributed by atoms with Gasteiger partial charge in [-0.25, -0.2) is 0 Å². The zero-order valence-electron chi connectivity index (χ0n) is 16.0. The van der Waals surface area contributed by atoms with Crippen LogP contribution in [0, 0.1) is 34.5 Å². The van der Waals surface area contributed by atoms with Crippen LogP contribution in [0.3, 0.4) is 0 Å². The molecular formula is C22H28O4. The minimum Gasteiger partial charge on any atom is -0.381 e. The van der Waals surface area contributed by atoms with Crippen molar-refractivity contribution in [2.45, 2.75) is 59.0 Å². The number of rotatable bonds is 1. The fourth-order valence-electron chi connectivity index (χ4n) is 7.04. The van der Waals surface area contributed by atoms with Crippen molar-refractivity contribution in [1.82, 2.24) is 0 Å². The average Bonchev–Trinajstić information content (AvgIpc) is 2.81. The first-order chi connectivity index (χ1) is 12.0. The fraction of sp³-hybridized carbons (Fsp3) is 0.682. The lowest BCUT2D eigenvalue weighted by atomic mass is 9.45. The molecule has 0 spiro atoms. The lowest BCUT2D eigenvalue weighted by Crippen LogP contribution is -2.60. The lowest BCUT2D eigenvalue weighted by Gasteiger charge is -2.58. The number of ketones is 3. The second-order valence-corrected chi connectivity index (χ2v) is 9.52. The summed E-state index contributed by atoms with van der Waals surface area (Å²) in [5, 5.41) is 11.2. The van der Waals surface area contributed by atoms with Gasteiger partial charge < -0.3 is 5.11 Å². The van der Waals surface area contributed by atoms with Crippen molar-refractivity contribution in [3.05, 3.63) is 23.8 Å². The van der Waals surface area contributed by atoms with E-state index in [9.17, 15) is 19.5 Å². The number of fused-ring (bicyclic) bond motifs is 5. The highest BCUT2D eigenvalue weighted by molar-refractivity contribution is 6.02. The molecule has 4 nitrogen and oxygen atoms in total. The number of aliphatic hydroxyl groups is 1. The predicted molar refractivity (Wildman–Crippen MR) is 97.2 cm³/mol. The Labute approximate surface area is 154 Å². The van der Waals surface area contributed by atoms with Crippen LogP contribution < -0.4 is 0 Å². The van der Waals surface area contributed by atoms with E-state index in [0.29, 0.717) is 6.42 Å². The van der Waals surface area contributed by atoms with Crippen molar-refractivity contribution >= 4 is 17.3 Å². The monoisotopic (exact) mass is 356 g/mol. The molecule has 7 atom stereocenters. The van der Waals surface area contributed by atoms with Crippen LogP contribution in [-0.4, -0.2) is 28.1 Å². The molecule has 0 unspecified atom stereocenters. The lowest BCUT2D eigenvalue weighted by molar-refractivity contribution is -0.166. The molecule has 0 aliphatic heterocycles. The second-order valence-electron chi connectivity index (χ2n) is 9.52. The Hall–Kier alpha value is -1.55. The van der Waals surface area contributed by atoms with E-state index >= 15 is 0 Å². The maximum Gasteiger partial charge on any atom is 0.178 e. The summed E-state index contributed by atoms with van der Waals surface area (Å²) in [5.41, 5.74) is -1.42. The topological polar surface area (TPSA) is 71.4 Å². The van der Waals surface area contributed by atoms with E-state index in [1.807, 2.05) is 13.0 Å². The third kappa shape index (κ3) is 1.97. The van der Waals surface area contributed by atoms with Gasteiger partial charge in [0.25, 0.3) is 0 Å². The van der Waals surface area contributed by atoms with E-state index < -0.39 is 16.4 Å². The molecule has 3 fully saturated rings. The van der Waals surface area contributed by atoms with Gasteiger partial charge in [-0.3, -0.25) is 14.4 Å². The molecule has 0 saturated heterocycles. The highest BCUT2D eigenvalue weighted by atomic mass is 16.3. The molecule has 0 heterocycles. The second kappa shape index (κ2) is 5.25. The molecule has 3 saturated carbocycles. The van der Waals surface area contributed by atoms with Crippen molar-refractivity contribution in [3.8, 4) is 0 Å². The molecule has 0 radical (unpaired) electrons. The quantitative estimate of drug-likeness (QED) is 0.784. The van der Waals surface area contributed by atoms with Gasteiger partial charge in [-0.15, -0.1) is 0 Å². The van der Waals surface area contributed by atoms with Crippen LogP contribution in [0.4, 0.5) is 0 Å². The van der Waals surface area contributed by atoms with E-state index in [4.69, 9.17) is 0 Å². The first-order valence-electron chi connectivity index (χ1n) is 9.76. The van der Waals surface area contributed by atoms with Gasteiger partial charge in [0.05, 0.1) is 0 Å². The molecule has 0 aromatic heterocycles. The summed E-state index contributed by atoms with van der Waals surface area (Å²) in [5.74, 6) is 0.276. The maximum absolute atomic E-state index is 13.4. The standard InChI is InChI=1S/C22H28O4/c1-12-9-15-16-6-8-22(26,13(2)23)21(16,4)11-18(25)19(15)20(3)7-5-14(24)10-17(12)20/h5,7,10,12,15-16,19,26H,6,8-9,11H2,1-4H3/t12-,15-,16-,19+,20-,21-,22+/m0/s1. The molecule has 4 rings (SSSR count). The van der Waals surface area contributed by atoms with E-state index in [2.05, 4.69) is 13.8 Å². The van der Waals surface area contributed by atoms with Crippen LogP contribution in [0.25, 0.3) is 0 Å². The first kappa shape index (κ1) is 17.8. The molecule has 4 aliphatic carbocycles. The minimum absolute atomic E-state index is 0.00249. The molecule has 0 aromatic carbocycles. The summed E-state index contributed by atoms with van der Waals surface area (Å²) in [4.78, 5) is 37.6. The predicted octanol–water partition coefficient (Wildman–Crippen LogP) is 3.04. The van der Waals surface area contributed by atoms with Gasteiger partial charge in [-0.05, 0) is 56.1 Å². The van der Waals surface area contributed by atoms with E-state index in [0.717, 1.165) is 18.4 Å². The van der Waals surface area contributed by atoms with Gasteiger partial charge in [-0.2, -0.15) is 0 Å². The zero-order valence-corrected chi connectivity index (χ0v) is 16.0. The summed E-state index contributed by atoms with van der Waals surface area (Å²) >= 11 is 0. The van der Waals surface area contributed by atoms with Crippen molar-refractivity contribution < 1.29 is 19.5 Å². The van der Waals surface area contributed by atoms with Gasteiger partial charge >= 0.3 is 0 Å².